The summed E-state index contributed by atoms with van der Waals surface area (Å²) >= 11 is 0. The molecule has 2 unspecified atom stereocenters. The third kappa shape index (κ3) is 3.17. The summed E-state index contributed by atoms with van der Waals surface area (Å²) in [5.74, 6) is -0.732. The van der Waals surface area contributed by atoms with Gasteiger partial charge >= 0.3 is 5.97 Å². The van der Waals surface area contributed by atoms with Gasteiger partial charge in [-0.25, -0.2) is 4.79 Å². The third-order valence-electron chi connectivity index (χ3n) is 3.23. The maximum atomic E-state index is 12.6. The first kappa shape index (κ1) is 13.5. The quantitative estimate of drug-likeness (QED) is 0.480. The SMILES string of the molecule is O=C(OC(C(=O)c1ccccc1)c1ccccc1)C1CO1. The van der Waals surface area contributed by atoms with Crippen molar-refractivity contribution in [1.82, 2.24) is 0 Å². The Morgan fingerprint density at radius 2 is 1.57 bits per heavy atom. The van der Waals surface area contributed by atoms with Gasteiger partial charge in [-0.1, -0.05) is 60.7 Å². The van der Waals surface area contributed by atoms with E-state index in [0.29, 0.717) is 17.7 Å². The fourth-order valence-electron chi connectivity index (χ4n) is 2.03. The Bertz CT molecular complexity index is 632. The van der Waals surface area contributed by atoms with E-state index in [1.807, 2.05) is 24.3 Å². The lowest BCUT2D eigenvalue weighted by Crippen LogP contribution is -2.22. The largest absolute Gasteiger partial charge is 0.447 e. The molecule has 0 spiro atoms. The van der Waals surface area contributed by atoms with Crippen LogP contribution in [0.1, 0.15) is 22.0 Å². The molecule has 21 heavy (non-hydrogen) atoms. The van der Waals surface area contributed by atoms with E-state index in [0.717, 1.165) is 0 Å². The number of Topliss-reactive ketones (excluding diaryl/α,β-unsaturated/α-hetero) is 1. The van der Waals surface area contributed by atoms with Crippen molar-refractivity contribution in [2.45, 2.75) is 12.2 Å². The van der Waals surface area contributed by atoms with Gasteiger partial charge in [0.1, 0.15) is 0 Å². The number of ether oxygens (including phenoxy) is 2. The molecule has 1 saturated heterocycles. The summed E-state index contributed by atoms with van der Waals surface area (Å²) in [6.45, 7) is 0.361. The maximum Gasteiger partial charge on any atom is 0.338 e. The first-order chi connectivity index (χ1) is 10.3. The van der Waals surface area contributed by atoms with Crippen LogP contribution in [0.15, 0.2) is 60.7 Å². The van der Waals surface area contributed by atoms with E-state index in [9.17, 15) is 9.59 Å². The van der Waals surface area contributed by atoms with Crippen molar-refractivity contribution in [3.05, 3.63) is 71.8 Å². The van der Waals surface area contributed by atoms with Crippen LogP contribution in [-0.4, -0.2) is 24.5 Å². The van der Waals surface area contributed by atoms with Crippen molar-refractivity contribution in [2.24, 2.45) is 0 Å². The summed E-state index contributed by atoms with van der Waals surface area (Å²) in [6, 6.07) is 17.8. The molecule has 0 saturated carbocycles. The average molecular weight is 282 g/mol. The van der Waals surface area contributed by atoms with Crippen molar-refractivity contribution < 1.29 is 19.1 Å². The Hall–Kier alpha value is -2.46. The van der Waals surface area contributed by atoms with Crippen LogP contribution in [0.25, 0.3) is 0 Å². The standard InChI is InChI=1S/C17H14O4/c18-15(12-7-3-1-4-8-12)16(13-9-5-2-6-10-13)21-17(19)14-11-20-14/h1-10,14,16H,11H2. The van der Waals surface area contributed by atoms with E-state index in [2.05, 4.69) is 0 Å². The number of hydrogen-bond acceptors (Lipinski definition) is 4. The number of esters is 1. The number of epoxide rings is 1. The fraction of sp³-hybridized carbons (Fsp3) is 0.176. The number of carbonyl (C=O) groups excluding carboxylic acids is 2. The molecular formula is C17H14O4. The molecule has 1 aliphatic rings. The monoisotopic (exact) mass is 282 g/mol. The molecule has 106 valence electrons. The first-order valence-corrected chi connectivity index (χ1v) is 6.72. The number of carbonyl (C=O) groups is 2. The smallest absolute Gasteiger partial charge is 0.338 e. The molecule has 0 aromatic heterocycles. The van der Waals surface area contributed by atoms with E-state index in [-0.39, 0.29) is 5.78 Å². The van der Waals surface area contributed by atoms with Gasteiger partial charge in [0.15, 0.2) is 12.2 Å². The third-order valence-corrected chi connectivity index (χ3v) is 3.23. The van der Waals surface area contributed by atoms with Crippen molar-refractivity contribution in [3.63, 3.8) is 0 Å². The van der Waals surface area contributed by atoms with Crippen LogP contribution in [0.5, 0.6) is 0 Å². The highest BCUT2D eigenvalue weighted by atomic mass is 16.6. The summed E-state index contributed by atoms with van der Waals surface area (Å²) in [6.07, 6.45) is -1.47. The topological polar surface area (TPSA) is 55.9 Å². The van der Waals surface area contributed by atoms with Crippen molar-refractivity contribution >= 4 is 11.8 Å². The van der Waals surface area contributed by atoms with Gasteiger partial charge in [0, 0.05) is 11.1 Å². The zero-order chi connectivity index (χ0) is 14.7. The molecule has 4 heteroatoms. The molecule has 0 N–H and O–H groups in total. The van der Waals surface area contributed by atoms with Gasteiger partial charge in [-0.2, -0.15) is 0 Å². The second-order valence-corrected chi connectivity index (χ2v) is 4.78. The van der Waals surface area contributed by atoms with Crippen molar-refractivity contribution in [3.8, 4) is 0 Å². The van der Waals surface area contributed by atoms with Crippen LogP contribution < -0.4 is 0 Å². The van der Waals surface area contributed by atoms with Crippen LogP contribution in [0.2, 0.25) is 0 Å². The molecule has 4 nitrogen and oxygen atoms in total. The highest BCUT2D eigenvalue weighted by Gasteiger charge is 2.36. The number of rotatable bonds is 5. The van der Waals surface area contributed by atoms with Crippen molar-refractivity contribution in [2.75, 3.05) is 6.61 Å². The molecular weight excluding hydrogens is 268 g/mol. The summed E-state index contributed by atoms with van der Waals surface area (Å²) in [5.41, 5.74) is 1.16. The Morgan fingerprint density at radius 1 is 1.00 bits per heavy atom. The highest BCUT2D eigenvalue weighted by molar-refractivity contribution is 6.01. The minimum atomic E-state index is -0.940. The van der Waals surface area contributed by atoms with Gasteiger partial charge < -0.3 is 9.47 Å². The zero-order valence-electron chi connectivity index (χ0n) is 11.3. The van der Waals surface area contributed by atoms with E-state index in [4.69, 9.17) is 9.47 Å². The predicted octanol–water partition coefficient (Wildman–Crippen LogP) is 2.55. The van der Waals surface area contributed by atoms with Crippen LogP contribution >= 0.6 is 0 Å². The van der Waals surface area contributed by atoms with Gasteiger partial charge in [0.2, 0.25) is 5.78 Å². The molecule has 0 bridgehead atoms. The fourth-order valence-corrected chi connectivity index (χ4v) is 2.03. The molecule has 1 fully saturated rings. The second-order valence-electron chi connectivity index (χ2n) is 4.78. The molecule has 0 aliphatic carbocycles. The molecule has 2 aromatic carbocycles. The van der Waals surface area contributed by atoms with E-state index in [1.165, 1.54) is 0 Å². The molecule has 2 aromatic rings. The Labute approximate surface area is 122 Å². The van der Waals surface area contributed by atoms with Gasteiger partial charge in [-0.05, 0) is 0 Å². The molecule has 3 rings (SSSR count). The zero-order valence-corrected chi connectivity index (χ0v) is 11.3. The van der Waals surface area contributed by atoms with Crippen LogP contribution in [0.4, 0.5) is 0 Å². The number of hydrogen-bond donors (Lipinski definition) is 0. The Morgan fingerprint density at radius 3 is 2.14 bits per heavy atom. The lowest BCUT2D eigenvalue weighted by Gasteiger charge is -2.16. The molecule has 0 radical (unpaired) electrons. The highest BCUT2D eigenvalue weighted by Crippen LogP contribution is 2.25. The predicted molar refractivity (Wildman–Crippen MR) is 75.8 cm³/mol. The summed E-state index contributed by atoms with van der Waals surface area (Å²) in [5, 5.41) is 0. The first-order valence-electron chi connectivity index (χ1n) is 6.72. The minimum absolute atomic E-state index is 0.240. The summed E-state index contributed by atoms with van der Waals surface area (Å²) in [7, 11) is 0. The maximum absolute atomic E-state index is 12.6. The lowest BCUT2D eigenvalue weighted by atomic mass is 10.00. The summed E-state index contributed by atoms with van der Waals surface area (Å²) < 4.78 is 10.3. The van der Waals surface area contributed by atoms with E-state index >= 15 is 0 Å². The van der Waals surface area contributed by atoms with Crippen molar-refractivity contribution in [1.29, 1.82) is 0 Å². The van der Waals surface area contributed by atoms with Gasteiger partial charge in [0.25, 0.3) is 0 Å². The molecule has 1 heterocycles. The normalized spacial score (nSPS) is 17.8. The van der Waals surface area contributed by atoms with Gasteiger partial charge in [-0.15, -0.1) is 0 Å². The average Bonchev–Trinajstić information content (AvgIpc) is 3.38. The molecule has 2 atom stereocenters. The molecule has 0 amide bonds. The second kappa shape index (κ2) is 5.89. The number of ketones is 1. The van der Waals surface area contributed by atoms with Crippen LogP contribution in [0, 0.1) is 0 Å². The van der Waals surface area contributed by atoms with E-state index < -0.39 is 18.2 Å². The van der Waals surface area contributed by atoms with Gasteiger partial charge in [-0.3, -0.25) is 4.79 Å². The number of benzene rings is 2. The van der Waals surface area contributed by atoms with Crippen LogP contribution in [-0.2, 0) is 14.3 Å². The molecule has 1 aliphatic heterocycles. The van der Waals surface area contributed by atoms with E-state index in [1.54, 1.807) is 36.4 Å². The Balaban J connectivity index is 1.88. The minimum Gasteiger partial charge on any atom is -0.447 e. The van der Waals surface area contributed by atoms with Crippen LogP contribution in [0.3, 0.4) is 0 Å². The Kier molecular flexibility index (Phi) is 3.79. The lowest BCUT2D eigenvalue weighted by molar-refractivity contribution is -0.148. The summed E-state index contributed by atoms with van der Waals surface area (Å²) in [4.78, 5) is 24.4. The van der Waals surface area contributed by atoms with Gasteiger partial charge in [0.05, 0.1) is 6.61 Å².